The quantitative estimate of drug-likeness (QED) is 0.0544. The molecular weight excluding hydrogens is 601 g/mol. The summed E-state index contributed by atoms with van der Waals surface area (Å²) in [6.07, 6.45) is 32.4. The summed E-state index contributed by atoms with van der Waals surface area (Å²) in [6.45, 7) is 4.80. The lowest BCUT2D eigenvalue weighted by Crippen LogP contribution is -2.43. The molecule has 0 spiro atoms. The SMILES string of the molecule is CCCCCCCCCCCCCCCC(=S)OC[C@H](OC(=S)CCCCCCCCCCCCCCC)[C@@H]1OC[C@@H](O)[C@@H]1O. The van der Waals surface area contributed by atoms with E-state index in [0.29, 0.717) is 16.5 Å². The molecule has 266 valence electrons. The van der Waals surface area contributed by atoms with Crippen molar-refractivity contribution in [3.05, 3.63) is 0 Å². The molecule has 0 unspecified atom stereocenters. The highest BCUT2D eigenvalue weighted by molar-refractivity contribution is 7.80. The normalized spacial score (nSPS) is 18.7. The van der Waals surface area contributed by atoms with Gasteiger partial charge in [-0.05, 0) is 37.3 Å². The van der Waals surface area contributed by atoms with Gasteiger partial charge in [-0.3, -0.25) is 0 Å². The first-order valence-electron chi connectivity index (χ1n) is 19.3. The summed E-state index contributed by atoms with van der Waals surface area (Å²) >= 11 is 11.1. The Labute approximate surface area is 289 Å². The molecule has 45 heavy (non-hydrogen) atoms. The van der Waals surface area contributed by atoms with Crippen LogP contribution in [0.25, 0.3) is 0 Å². The monoisotopic (exact) mass is 672 g/mol. The standard InChI is InChI=1S/C38H72O5S2/c1-3-5-7-9-11-13-15-17-19-21-23-25-27-29-35(44)41-32-34(38-37(40)33(39)31-42-38)43-36(45)30-28-26-24-22-20-18-16-14-12-10-8-6-4-2/h33-34,37-40H,3-32H2,1-2H3/t33-,34+,37+,38+/m1/s1. The molecule has 0 radical (unpaired) electrons. The second-order valence-corrected chi connectivity index (χ2v) is 14.5. The molecule has 7 heteroatoms. The van der Waals surface area contributed by atoms with Gasteiger partial charge in [-0.2, -0.15) is 0 Å². The number of aliphatic hydroxyl groups excluding tert-OH is 2. The summed E-state index contributed by atoms with van der Waals surface area (Å²) in [5.74, 6) is 0. The number of thiocarbonyl (C=S) groups is 2. The molecular formula is C38H72O5S2. The van der Waals surface area contributed by atoms with Crippen LogP contribution in [-0.2, 0) is 14.2 Å². The number of ether oxygens (including phenoxy) is 3. The van der Waals surface area contributed by atoms with Crippen molar-refractivity contribution < 1.29 is 24.4 Å². The Balaban J connectivity index is 2.15. The molecule has 1 saturated heterocycles. The van der Waals surface area contributed by atoms with Gasteiger partial charge >= 0.3 is 0 Å². The minimum atomic E-state index is -1.02. The van der Waals surface area contributed by atoms with E-state index in [9.17, 15) is 10.2 Å². The summed E-state index contributed by atoms with van der Waals surface area (Å²) in [5, 5.41) is 21.6. The van der Waals surface area contributed by atoms with Crippen LogP contribution in [0.1, 0.15) is 194 Å². The van der Waals surface area contributed by atoms with Crippen LogP contribution in [0.4, 0.5) is 0 Å². The zero-order valence-corrected chi connectivity index (χ0v) is 31.1. The average molecular weight is 673 g/mol. The van der Waals surface area contributed by atoms with Gasteiger partial charge in [0.1, 0.15) is 24.9 Å². The predicted octanol–water partition coefficient (Wildman–Crippen LogP) is 11.1. The molecule has 0 saturated carbocycles. The third-order valence-corrected chi connectivity index (χ3v) is 9.84. The first-order valence-corrected chi connectivity index (χ1v) is 20.1. The molecule has 5 nitrogen and oxygen atoms in total. The Morgan fingerprint density at radius 1 is 0.578 bits per heavy atom. The van der Waals surface area contributed by atoms with E-state index in [0.717, 1.165) is 25.7 Å². The third-order valence-electron chi connectivity index (χ3n) is 9.22. The molecule has 0 aliphatic carbocycles. The molecule has 1 aliphatic heterocycles. The van der Waals surface area contributed by atoms with Crippen LogP contribution in [0.5, 0.6) is 0 Å². The van der Waals surface area contributed by atoms with Crippen molar-refractivity contribution >= 4 is 34.5 Å². The van der Waals surface area contributed by atoms with E-state index in [1.807, 2.05) is 0 Å². The second kappa shape index (κ2) is 31.0. The van der Waals surface area contributed by atoms with E-state index in [1.165, 1.54) is 148 Å². The molecule has 1 aliphatic rings. The van der Waals surface area contributed by atoms with Crippen molar-refractivity contribution in [2.75, 3.05) is 13.2 Å². The fourth-order valence-electron chi connectivity index (χ4n) is 6.20. The van der Waals surface area contributed by atoms with E-state index in [2.05, 4.69) is 13.8 Å². The van der Waals surface area contributed by atoms with Gasteiger partial charge in [0.15, 0.2) is 16.2 Å². The predicted molar refractivity (Wildman–Crippen MR) is 198 cm³/mol. The maximum absolute atomic E-state index is 10.5. The Bertz CT molecular complexity index is 691. The Morgan fingerprint density at radius 2 is 0.933 bits per heavy atom. The van der Waals surface area contributed by atoms with Gasteiger partial charge in [-0.1, -0.05) is 168 Å². The van der Waals surface area contributed by atoms with Gasteiger partial charge in [0.2, 0.25) is 0 Å². The van der Waals surface area contributed by atoms with Crippen LogP contribution < -0.4 is 0 Å². The van der Waals surface area contributed by atoms with E-state index in [-0.39, 0.29) is 13.2 Å². The van der Waals surface area contributed by atoms with Crippen LogP contribution in [-0.4, -0.2) is 57.9 Å². The second-order valence-electron chi connectivity index (χ2n) is 13.6. The zero-order chi connectivity index (χ0) is 32.8. The molecule has 1 fully saturated rings. The van der Waals surface area contributed by atoms with E-state index < -0.39 is 24.4 Å². The Morgan fingerprint density at radius 3 is 1.29 bits per heavy atom. The lowest BCUT2D eigenvalue weighted by molar-refractivity contribution is -0.0600. The molecule has 0 aromatic carbocycles. The number of aliphatic hydroxyl groups is 2. The van der Waals surface area contributed by atoms with Gasteiger partial charge in [0, 0.05) is 12.8 Å². The molecule has 1 heterocycles. The van der Waals surface area contributed by atoms with Crippen molar-refractivity contribution in [1.29, 1.82) is 0 Å². The van der Waals surface area contributed by atoms with E-state index >= 15 is 0 Å². The fourth-order valence-corrected chi connectivity index (χ4v) is 6.68. The summed E-state index contributed by atoms with van der Waals surface area (Å²) in [6, 6.07) is 0. The van der Waals surface area contributed by atoms with Gasteiger partial charge in [-0.15, -0.1) is 0 Å². The third kappa shape index (κ3) is 24.5. The molecule has 0 aromatic heterocycles. The van der Waals surface area contributed by atoms with Crippen molar-refractivity contribution in [3.8, 4) is 0 Å². The van der Waals surface area contributed by atoms with Crippen molar-refractivity contribution in [1.82, 2.24) is 0 Å². The largest absolute Gasteiger partial charge is 0.483 e. The lowest BCUT2D eigenvalue weighted by atomic mass is 10.0. The number of rotatable bonds is 32. The highest BCUT2D eigenvalue weighted by Crippen LogP contribution is 2.22. The molecule has 1 rings (SSSR count). The Kier molecular flexibility index (Phi) is 29.4. The minimum Gasteiger partial charge on any atom is -0.483 e. The van der Waals surface area contributed by atoms with Crippen molar-refractivity contribution in [2.24, 2.45) is 0 Å². The van der Waals surface area contributed by atoms with Crippen LogP contribution in [0.3, 0.4) is 0 Å². The topological polar surface area (TPSA) is 68.2 Å². The van der Waals surface area contributed by atoms with Crippen LogP contribution in [0, 0.1) is 0 Å². The maximum Gasteiger partial charge on any atom is 0.162 e. The average Bonchev–Trinajstić information content (AvgIpc) is 3.37. The smallest absolute Gasteiger partial charge is 0.162 e. The van der Waals surface area contributed by atoms with Crippen LogP contribution in [0.15, 0.2) is 0 Å². The zero-order valence-electron chi connectivity index (χ0n) is 29.5. The number of hydrogen-bond acceptors (Lipinski definition) is 7. The maximum atomic E-state index is 10.5. The van der Waals surface area contributed by atoms with Gasteiger partial charge in [-0.25, -0.2) is 0 Å². The summed E-state index contributed by atoms with van der Waals surface area (Å²) in [4.78, 5) is 0. The summed E-state index contributed by atoms with van der Waals surface area (Å²) in [7, 11) is 0. The molecule has 0 amide bonds. The number of unbranched alkanes of at least 4 members (excludes halogenated alkanes) is 24. The Hall–Kier alpha value is -0.340. The molecule has 0 bridgehead atoms. The van der Waals surface area contributed by atoms with Crippen molar-refractivity contribution in [3.63, 3.8) is 0 Å². The molecule has 4 atom stereocenters. The van der Waals surface area contributed by atoms with Gasteiger partial charge in [0.25, 0.3) is 0 Å². The van der Waals surface area contributed by atoms with Gasteiger partial charge in [0.05, 0.1) is 6.61 Å². The van der Waals surface area contributed by atoms with E-state index in [1.54, 1.807) is 0 Å². The highest BCUT2D eigenvalue weighted by Gasteiger charge is 2.41. The van der Waals surface area contributed by atoms with Crippen molar-refractivity contribution in [2.45, 2.75) is 218 Å². The minimum absolute atomic E-state index is 0.0840. The first-order chi connectivity index (χ1) is 22.0. The van der Waals surface area contributed by atoms with E-state index in [4.69, 9.17) is 38.6 Å². The van der Waals surface area contributed by atoms with Crippen LogP contribution in [0.2, 0.25) is 0 Å². The van der Waals surface area contributed by atoms with Crippen LogP contribution >= 0.6 is 24.4 Å². The molecule has 2 N–H and O–H groups in total. The first kappa shape index (κ1) is 42.7. The summed E-state index contributed by atoms with van der Waals surface area (Å²) < 4.78 is 17.7. The lowest BCUT2D eigenvalue weighted by Gasteiger charge is -2.27. The summed E-state index contributed by atoms with van der Waals surface area (Å²) in [5.41, 5.74) is 0. The van der Waals surface area contributed by atoms with Gasteiger partial charge < -0.3 is 24.4 Å². The molecule has 0 aromatic rings. The highest BCUT2D eigenvalue weighted by atomic mass is 32.1. The number of hydrogen-bond donors (Lipinski definition) is 2. The fraction of sp³-hybridized carbons (Fsp3) is 0.947.